The second-order valence-corrected chi connectivity index (χ2v) is 9.92. The molecule has 1 amide bonds. The van der Waals surface area contributed by atoms with Gasteiger partial charge in [0.05, 0.1) is 4.90 Å². The summed E-state index contributed by atoms with van der Waals surface area (Å²) in [5, 5.41) is 0. The van der Waals surface area contributed by atoms with E-state index < -0.39 is 15.8 Å². The van der Waals surface area contributed by atoms with Gasteiger partial charge in [0.15, 0.2) is 0 Å². The van der Waals surface area contributed by atoms with E-state index in [1.54, 1.807) is 29.2 Å². The van der Waals surface area contributed by atoms with Gasteiger partial charge in [-0.2, -0.15) is 0 Å². The molecule has 0 atom stereocenters. The van der Waals surface area contributed by atoms with Crippen molar-refractivity contribution in [2.24, 2.45) is 0 Å². The van der Waals surface area contributed by atoms with Crippen LogP contribution in [0.2, 0.25) is 0 Å². The molecule has 0 spiro atoms. The van der Waals surface area contributed by atoms with Gasteiger partial charge in [0.1, 0.15) is 5.82 Å². The molecule has 0 fully saturated rings. The number of halogens is 1. The first-order valence-corrected chi connectivity index (χ1v) is 12.1. The summed E-state index contributed by atoms with van der Waals surface area (Å²) in [6.07, 6.45) is 1.39. The van der Waals surface area contributed by atoms with Crippen molar-refractivity contribution < 1.29 is 17.6 Å². The Hall–Kier alpha value is -3.19. The average Bonchev–Trinajstić information content (AvgIpc) is 2.78. The highest BCUT2D eigenvalue weighted by atomic mass is 32.2. The number of benzene rings is 3. The molecule has 1 aliphatic rings. The number of nitrogens with zero attached hydrogens (tertiary/aromatic N) is 1. The van der Waals surface area contributed by atoms with Gasteiger partial charge in [0.2, 0.25) is 0 Å². The summed E-state index contributed by atoms with van der Waals surface area (Å²) in [4.78, 5) is 14.7. The van der Waals surface area contributed by atoms with Gasteiger partial charge in [-0.25, -0.2) is 12.8 Å². The topological polar surface area (TPSA) is 66.5 Å². The maximum Gasteiger partial charge on any atom is 0.261 e. The molecule has 0 saturated heterocycles. The molecule has 4 rings (SSSR count). The highest BCUT2D eigenvalue weighted by Gasteiger charge is 2.25. The van der Waals surface area contributed by atoms with E-state index in [1.165, 1.54) is 30.3 Å². The predicted molar refractivity (Wildman–Crippen MR) is 124 cm³/mol. The van der Waals surface area contributed by atoms with Gasteiger partial charge in [-0.1, -0.05) is 26.0 Å². The van der Waals surface area contributed by atoms with Gasteiger partial charge >= 0.3 is 0 Å². The third-order valence-corrected chi connectivity index (χ3v) is 7.02. The van der Waals surface area contributed by atoms with Crippen LogP contribution in [0, 0.1) is 5.82 Å². The van der Waals surface area contributed by atoms with E-state index in [2.05, 4.69) is 18.6 Å². The first-order chi connectivity index (χ1) is 15.2. The lowest BCUT2D eigenvalue weighted by molar-refractivity contribution is 0.0985. The van der Waals surface area contributed by atoms with E-state index in [0.717, 1.165) is 11.1 Å². The van der Waals surface area contributed by atoms with Crippen molar-refractivity contribution in [1.29, 1.82) is 0 Å². The minimum absolute atomic E-state index is 0.153. The number of hydrogen-bond acceptors (Lipinski definition) is 3. The SMILES string of the molecule is CC(C)c1ccc(NS(=O)(=O)c2ccc3c(c2)CCCN3C(=O)c2ccc(F)cc2)cc1. The molecule has 0 saturated carbocycles. The van der Waals surface area contributed by atoms with Crippen molar-refractivity contribution >= 4 is 27.3 Å². The predicted octanol–water partition coefficient (Wildman–Crippen LogP) is 5.34. The molecular weight excluding hydrogens is 427 g/mol. The molecule has 0 aromatic heterocycles. The third-order valence-electron chi connectivity index (χ3n) is 5.65. The number of rotatable bonds is 5. The molecule has 0 radical (unpaired) electrons. The summed E-state index contributed by atoms with van der Waals surface area (Å²) in [6.45, 7) is 4.68. The Kier molecular flexibility index (Phi) is 6.02. The zero-order valence-electron chi connectivity index (χ0n) is 18.0. The van der Waals surface area contributed by atoms with Crippen molar-refractivity contribution in [1.82, 2.24) is 0 Å². The van der Waals surface area contributed by atoms with Gasteiger partial charge in [0.25, 0.3) is 15.9 Å². The molecule has 1 N–H and O–H groups in total. The molecule has 7 heteroatoms. The van der Waals surface area contributed by atoms with E-state index in [-0.39, 0.29) is 10.8 Å². The smallest absolute Gasteiger partial charge is 0.261 e. The Morgan fingerprint density at radius 1 is 1.00 bits per heavy atom. The quantitative estimate of drug-likeness (QED) is 0.568. The summed E-state index contributed by atoms with van der Waals surface area (Å²) < 4.78 is 41.7. The molecule has 0 aliphatic carbocycles. The lowest BCUT2D eigenvalue weighted by Crippen LogP contribution is -2.35. The van der Waals surface area contributed by atoms with E-state index in [4.69, 9.17) is 0 Å². The maximum absolute atomic E-state index is 13.2. The summed E-state index contributed by atoms with van der Waals surface area (Å²) in [5.41, 5.74) is 3.51. The summed E-state index contributed by atoms with van der Waals surface area (Å²) in [5.74, 6) is -0.270. The van der Waals surface area contributed by atoms with Crippen molar-refractivity contribution in [2.75, 3.05) is 16.2 Å². The van der Waals surface area contributed by atoms with Crippen LogP contribution in [0.4, 0.5) is 15.8 Å². The van der Waals surface area contributed by atoms with Gasteiger partial charge in [-0.05, 0) is 84.5 Å². The second-order valence-electron chi connectivity index (χ2n) is 8.24. The first kappa shape index (κ1) is 22.0. The zero-order valence-corrected chi connectivity index (χ0v) is 18.8. The lowest BCUT2D eigenvalue weighted by Gasteiger charge is -2.30. The van der Waals surface area contributed by atoms with Gasteiger partial charge in [-0.3, -0.25) is 9.52 Å². The summed E-state index contributed by atoms with van der Waals surface area (Å²) >= 11 is 0. The van der Waals surface area contributed by atoms with Crippen molar-refractivity contribution in [2.45, 2.75) is 37.5 Å². The summed E-state index contributed by atoms with van der Waals surface area (Å²) in [6, 6.07) is 17.6. The highest BCUT2D eigenvalue weighted by molar-refractivity contribution is 7.92. The van der Waals surface area contributed by atoms with Gasteiger partial charge < -0.3 is 4.90 Å². The standard InChI is InChI=1S/C25H25FN2O3S/c1-17(2)18-7-11-22(12-8-18)27-32(30,31)23-13-14-24-20(16-23)4-3-15-28(24)25(29)19-5-9-21(26)10-6-19/h5-14,16-17,27H,3-4,15H2,1-2H3. The summed E-state index contributed by atoms with van der Waals surface area (Å²) in [7, 11) is -3.77. The van der Waals surface area contributed by atoms with Crippen LogP contribution in [0.25, 0.3) is 0 Å². The van der Waals surface area contributed by atoms with Crippen LogP contribution in [0.5, 0.6) is 0 Å². The number of anilines is 2. The molecule has 3 aromatic rings. The molecule has 0 bridgehead atoms. The number of nitrogens with one attached hydrogen (secondary N) is 1. The van der Waals surface area contributed by atoms with Crippen LogP contribution >= 0.6 is 0 Å². The minimum atomic E-state index is -3.77. The van der Waals surface area contributed by atoms with Crippen LogP contribution in [-0.4, -0.2) is 20.9 Å². The fraction of sp³-hybridized carbons (Fsp3) is 0.240. The average molecular weight is 453 g/mol. The Labute approximate surface area is 187 Å². The van der Waals surface area contributed by atoms with Crippen LogP contribution in [0.3, 0.4) is 0 Å². The van der Waals surface area contributed by atoms with Gasteiger partial charge in [-0.15, -0.1) is 0 Å². The number of carbonyl (C=O) groups is 1. The maximum atomic E-state index is 13.2. The Balaban J connectivity index is 1.58. The van der Waals surface area contributed by atoms with E-state index in [0.29, 0.717) is 42.2 Å². The minimum Gasteiger partial charge on any atom is -0.308 e. The number of amides is 1. The number of aryl methyl sites for hydroxylation is 1. The van der Waals surface area contributed by atoms with E-state index in [1.807, 2.05) is 12.1 Å². The molecular formula is C25H25FN2O3S. The largest absolute Gasteiger partial charge is 0.308 e. The van der Waals surface area contributed by atoms with Crippen LogP contribution in [-0.2, 0) is 16.4 Å². The lowest BCUT2D eigenvalue weighted by atomic mass is 10.0. The Bertz CT molecular complexity index is 1240. The van der Waals surface area contributed by atoms with Crippen molar-refractivity contribution in [3.05, 3.63) is 89.2 Å². The van der Waals surface area contributed by atoms with Crippen LogP contribution in [0.15, 0.2) is 71.6 Å². The number of sulfonamides is 1. The number of carbonyl (C=O) groups excluding carboxylic acids is 1. The molecule has 3 aromatic carbocycles. The van der Waals surface area contributed by atoms with Crippen LogP contribution in [0.1, 0.15) is 47.7 Å². The monoisotopic (exact) mass is 452 g/mol. The third kappa shape index (κ3) is 4.53. The molecule has 166 valence electrons. The molecule has 1 aliphatic heterocycles. The number of hydrogen-bond donors (Lipinski definition) is 1. The van der Waals surface area contributed by atoms with E-state index in [9.17, 15) is 17.6 Å². The highest BCUT2D eigenvalue weighted by Crippen LogP contribution is 2.31. The normalized spacial score (nSPS) is 13.7. The van der Waals surface area contributed by atoms with E-state index >= 15 is 0 Å². The molecule has 1 heterocycles. The van der Waals surface area contributed by atoms with Gasteiger partial charge in [0, 0.05) is 23.5 Å². The molecule has 32 heavy (non-hydrogen) atoms. The Morgan fingerprint density at radius 2 is 1.69 bits per heavy atom. The second kappa shape index (κ2) is 8.74. The molecule has 5 nitrogen and oxygen atoms in total. The molecule has 0 unspecified atom stereocenters. The first-order valence-electron chi connectivity index (χ1n) is 10.6. The number of fused-ring (bicyclic) bond motifs is 1. The fourth-order valence-electron chi connectivity index (χ4n) is 3.85. The van der Waals surface area contributed by atoms with Crippen molar-refractivity contribution in [3.8, 4) is 0 Å². The Morgan fingerprint density at radius 3 is 2.34 bits per heavy atom. The van der Waals surface area contributed by atoms with Crippen LogP contribution < -0.4 is 9.62 Å². The zero-order chi connectivity index (χ0) is 22.9. The van der Waals surface area contributed by atoms with Crippen molar-refractivity contribution in [3.63, 3.8) is 0 Å². The fourth-order valence-corrected chi connectivity index (χ4v) is 4.96.